The number of likely N-dealkylation sites (N-methyl/N-ethyl adjacent to an activating group) is 1. The number of rotatable bonds is 12. The molecule has 0 spiro atoms. The molecule has 1 heterocycles. The Labute approximate surface area is 133 Å². The van der Waals surface area contributed by atoms with E-state index in [1.807, 2.05) is 12.4 Å². The molecule has 0 saturated heterocycles. The highest BCUT2D eigenvalue weighted by atomic mass is 79.9. The Morgan fingerprint density at radius 3 is 2.15 bits per heavy atom. The van der Waals surface area contributed by atoms with Gasteiger partial charge in [-0.2, -0.15) is 0 Å². The smallest absolute Gasteiger partial charge is 0.0270 e. The molecule has 0 aliphatic rings. The molecule has 1 rings (SSSR count). The van der Waals surface area contributed by atoms with Crippen LogP contribution in [-0.4, -0.2) is 35.4 Å². The molecule has 0 unspecified atom stereocenters. The maximum absolute atomic E-state index is 4.05. The summed E-state index contributed by atoms with van der Waals surface area (Å²) in [7, 11) is 2.23. The highest BCUT2D eigenvalue weighted by molar-refractivity contribution is 9.09. The second-order valence-corrected chi connectivity index (χ2v) is 6.37. The highest BCUT2D eigenvalue weighted by Crippen LogP contribution is 2.08. The zero-order chi connectivity index (χ0) is 14.5. The van der Waals surface area contributed by atoms with Gasteiger partial charge in [-0.3, -0.25) is 4.98 Å². The van der Waals surface area contributed by atoms with E-state index in [9.17, 15) is 0 Å². The van der Waals surface area contributed by atoms with Gasteiger partial charge in [0.2, 0.25) is 0 Å². The minimum absolute atomic E-state index is 1.13. The van der Waals surface area contributed by atoms with E-state index in [0.29, 0.717) is 0 Å². The quantitative estimate of drug-likeness (QED) is 0.405. The molecule has 0 bridgehead atoms. The Kier molecular flexibility index (Phi) is 10.9. The Bertz CT molecular complexity index is 316. The minimum atomic E-state index is 1.13. The molecule has 0 radical (unpaired) electrons. The standard InChI is InChI=1S/C17H29BrN2/c1-20(16-11-17-9-13-19-14-10-17)15-8-6-4-2-3-5-7-12-18/h9-10,13-14H,2-8,11-12,15-16H2,1H3. The van der Waals surface area contributed by atoms with E-state index in [2.05, 4.69) is 45.0 Å². The van der Waals surface area contributed by atoms with E-state index >= 15 is 0 Å². The maximum Gasteiger partial charge on any atom is 0.0270 e. The van der Waals surface area contributed by atoms with Crippen molar-refractivity contribution in [2.75, 3.05) is 25.5 Å². The van der Waals surface area contributed by atoms with Crippen LogP contribution in [-0.2, 0) is 6.42 Å². The van der Waals surface area contributed by atoms with Crippen LogP contribution in [0, 0.1) is 0 Å². The van der Waals surface area contributed by atoms with Gasteiger partial charge in [-0.05, 0) is 50.6 Å². The van der Waals surface area contributed by atoms with E-state index in [0.717, 1.165) is 18.3 Å². The van der Waals surface area contributed by atoms with Gasteiger partial charge < -0.3 is 4.90 Å². The summed E-state index contributed by atoms with van der Waals surface area (Å²) >= 11 is 3.48. The van der Waals surface area contributed by atoms with Crippen molar-refractivity contribution in [3.63, 3.8) is 0 Å². The van der Waals surface area contributed by atoms with Crippen LogP contribution in [0.4, 0.5) is 0 Å². The monoisotopic (exact) mass is 340 g/mol. The largest absolute Gasteiger partial charge is 0.306 e. The van der Waals surface area contributed by atoms with Crippen molar-refractivity contribution in [1.29, 1.82) is 0 Å². The first kappa shape index (κ1) is 17.6. The molecule has 0 atom stereocenters. The average Bonchev–Trinajstić information content (AvgIpc) is 2.49. The second kappa shape index (κ2) is 12.3. The molecule has 1 aromatic heterocycles. The number of hydrogen-bond donors (Lipinski definition) is 0. The fourth-order valence-electron chi connectivity index (χ4n) is 2.34. The zero-order valence-electron chi connectivity index (χ0n) is 12.9. The van der Waals surface area contributed by atoms with Crippen LogP contribution in [0.2, 0.25) is 0 Å². The van der Waals surface area contributed by atoms with Crippen LogP contribution < -0.4 is 0 Å². The van der Waals surface area contributed by atoms with Crippen molar-refractivity contribution in [1.82, 2.24) is 9.88 Å². The first-order valence-electron chi connectivity index (χ1n) is 7.96. The van der Waals surface area contributed by atoms with E-state index in [-0.39, 0.29) is 0 Å². The molecule has 114 valence electrons. The zero-order valence-corrected chi connectivity index (χ0v) is 14.4. The SMILES string of the molecule is CN(CCCCCCCCCBr)CCc1ccncc1. The molecule has 0 saturated carbocycles. The first-order valence-corrected chi connectivity index (χ1v) is 9.08. The van der Waals surface area contributed by atoms with Crippen molar-refractivity contribution < 1.29 is 0 Å². The van der Waals surface area contributed by atoms with E-state index in [4.69, 9.17) is 0 Å². The predicted molar refractivity (Wildman–Crippen MR) is 91.6 cm³/mol. The summed E-state index contributed by atoms with van der Waals surface area (Å²) in [5, 5.41) is 1.16. The van der Waals surface area contributed by atoms with Gasteiger partial charge >= 0.3 is 0 Å². The van der Waals surface area contributed by atoms with Gasteiger partial charge in [0.15, 0.2) is 0 Å². The third-order valence-electron chi connectivity index (χ3n) is 3.71. The van der Waals surface area contributed by atoms with Crippen LogP contribution in [0.25, 0.3) is 0 Å². The van der Waals surface area contributed by atoms with Gasteiger partial charge in [-0.25, -0.2) is 0 Å². The summed E-state index contributed by atoms with van der Waals surface area (Å²) < 4.78 is 0. The molecule has 0 aliphatic heterocycles. The molecule has 3 heteroatoms. The number of aromatic nitrogens is 1. The average molecular weight is 341 g/mol. The lowest BCUT2D eigenvalue weighted by molar-refractivity contribution is 0.327. The predicted octanol–water partition coefficient (Wildman–Crippen LogP) is 4.68. The fraction of sp³-hybridized carbons (Fsp3) is 0.706. The maximum atomic E-state index is 4.05. The minimum Gasteiger partial charge on any atom is -0.306 e. The van der Waals surface area contributed by atoms with Crippen molar-refractivity contribution in [2.24, 2.45) is 0 Å². The van der Waals surface area contributed by atoms with Crippen molar-refractivity contribution in [2.45, 2.75) is 51.4 Å². The Balaban J connectivity index is 1.91. The molecular formula is C17H29BrN2. The summed E-state index contributed by atoms with van der Waals surface area (Å²) in [6, 6.07) is 4.22. The van der Waals surface area contributed by atoms with Crippen LogP contribution in [0.15, 0.2) is 24.5 Å². The summed E-state index contributed by atoms with van der Waals surface area (Å²) in [4.78, 5) is 6.50. The molecule has 2 nitrogen and oxygen atoms in total. The van der Waals surface area contributed by atoms with Gasteiger partial charge in [-0.15, -0.1) is 0 Å². The van der Waals surface area contributed by atoms with Gasteiger partial charge in [0.05, 0.1) is 0 Å². The fourth-order valence-corrected chi connectivity index (χ4v) is 2.74. The van der Waals surface area contributed by atoms with Gasteiger partial charge in [0.1, 0.15) is 0 Å². The number of pyridine rings is 1. The number of alkyl halides is 1. The third-order valence-corrected chi connectivity index (χ3v) is 4.27. The van der Waals surface area contributed by atoms with Crippen molar-refractivity contribution in [3.8, 4) is 0 Å². The van der Waals surface area contributed by atoms with Gasteiger partial charge in [0.25, 0.3) is 0 Å². The van der Waals surface area contributed by atoms with Crippen LogP contribution in [0.5, 0.6) is 0 Å². The summed E-state index contributed by atoms with van der Waals surface area (Å²) in [6.45, 7) is 2.38. The van der Waals surface area contributed by atoms with Gasteiger partial charge in [-0.1, -0.05) is 48.0 Å². The van der Waals surface area contributed by atoms with Crippen LogP contribution in [0.3, 0.4) is 0 Å². The third kappa shape index (κ3) is 9.49. The molecule has 0 amide bonds. The van der Waals surface area contributed by atoms with E-state index < -0.39 is 0 Å². The summed E-state index contributed by atoms with van der Waals surface area (Å²) in [5.41, 5.74) is 1.39. The van der Waals surface area contributed by atoms with Gasteiger partial charge in [0, 0.05) is 24.3 Å². The highest BCUT2D eigenvalue weighted by Gasteiger charge is 1.99. The molecule has 0 N–H and O–H groups in total. The molecule has 0 aromatic carbocycles. The normalized spacial score (nSPS) is 11.2. The first-order chi connectivity index (χ1) is 9.83. The Morgan fingerprint density at radius 1 is 0.900 bits per heavy atom. The second-order valence-electron chi connectivity index (χ2n) is 5.57. The summed E-state index contributed by atoms with van der Waals surface area (Å²) in [6.07, 6.45) is 14.5. The number of hydrogen-bond acceptors (Lipinski definition) is 2. The van der Waals surface area contributed by atoms with Crippen molar-refractivity contribution in [3.05, 3.63) is 30.1 Å². The topological polar surface area (TPSA) is 16.1 Å². The summed E-state index contributed by atoms with van der Waals surface area (Å²) in [5.74, 6) is 0. The van der Waals surface area contributed by atoms with Crippen LogP contribution >= 0.6 is 15.9 Å². The molecule has 0 fully saturated rings. The Hall–Kier alpha value is -0.410. The number of nitrogens with zero attached hydrogens (tertiary/aromatic N) is 2. The lowest BCUT2D eigenvalue weighted by Crippen LogP contribution is -2.22. The molecule has 1 aromatic rings. The molecule has 20 heavy (non-hydrogen) atoms. The van der Waals surface area contributed by atoms with Crippen LogP contribution in [0.1, 0.15) is 50.5 Å². The lowest BCUT2D eigenvalue weighted by Gasteiger charge is -2.16. The Morgan fingerprint density at radius 2 is 1.50 bits per heavy atom. The molecular weight excluding hydrogens is 312 g/mol. The lowest BCUT2D eigenvalue weighted by atomic mass is 10.1. The van der Waals surface area contributed by atoms with Crippen molar-refractivity contribution >= 4 is 15.9 Å². The van der Waals surface area contributed by atoms with E-state index in [1.54, 1.807) is 0 Å². The number of unbranched alkanes of at least 4 members (excludes halogenated alkanes) is 6. The van der Waals surface area contributed by atoms with E-state index in [1.165, 1.54) is 57.1 Å². The number of halogens is 1. The molecule has 0 aliphatic carbocycles.